The van der Waals surface area contributed by atoms with E-state index in [1.165, 1.54) is 53.4 Å². The predicted molar refractivity (Wildman–Crippen MR) is 150 cm³/mol. The van der Waals surface area contributed by atoms with Crippen LogP contribution in [0.2, 0.25) is 0 Å². The molecular weight excluding hydrogens is 532 g/mol. The number of hydrogen-bond acceptors (Lipinski definition) is 5. The molecule has 3 amide bonds. The molecule has 3 aromatic rings. The number of carbonyl (C=O) groups is 3. The molecule has 3 atom stereocenters. The summed E-state index contributed by atoms with van der Waals surface area (Å²) < 4.78 is 38.7. The van der Waals surface area contributed by atoms with Crippen LogP contribution in [-0.2, 0) is 4.74 Å². The number of ether oxygens (including phenoxy) is 2. The summed E-state index contributed by atoms with van der Waals surface area (Å²) in [5.74, 6) is -1.85. The third kappa shape index (κ3) is 7.07. The summed E-state index contributed by atoms with van der Waals surface area (Å²) in [6.45, 7) is 4.38. The molecular formula is C31H33F2N3O5. The Kier molecular flexibility index (Phi) is 9.34. The Morgan fingerprint density at radius 2 is 1.54 bits per heavy atom. The number of nitrogens with one attached hydrogen (secondary N) is 1. The molecule has 4 rings (SSSR count). The van der Waals surface area contributed by atoms with Gasteiger partial charge in [0.05, 0.1) is 17.7 Å². The third-order valence-corrected chi connectivity index (χ3v) is 7.16. The lowest BCUT2D eigenvalue weighted by Crippen LogP contribution is -2.48. The molecule has 0 aromatic heterocycles. The van der Waals surface area contributed by atoms with Crippen molar-refractivity contribution >= 4 is 23.4 Å². The number of nitrogens with zero attached hydrogens (tertiary/aromatic N) is 2. The van der Waals surface area contributed by atoms with Crippen LogP contribution < -0.4 is 10.1 Å². The van der Waals surface area contributed by atoms with E-state index < -0.39 is 23.6 Å². The summed E-state index contributed by atoms with van der Waals surface area (Å²) in [6.07, 6.45) is -0.377. The molecule has 0 aliphatic carbocycles. The predicted octanol–water partition coefficient (Wildman–Crippen LogP) is 4.86. The summed E-state index contributed by atoms with van der Waals surface area (Å²) in [7, 11) is 3.22. The highest BCUT2D eigenvalue weighted by Crippen LogP contribution is 2.27. The first kappa shape index (κ1) is 29.7. The van der Waals surface area contributed by atoms with Crippen LogP contribution in [0, 0.1) is 17.6 Å². The van der Waals surface area contributed by atoms with Crippen molar-refractivity contribution in [3.05, 3.63) is 95.1 Å². The van der Waals surface area contributed by atoms with Crippen LogP contribution in [0.1, 0.15) is 44.9 Å². The van der Waals surface area contributed by atoms with Gasteiger partial charge in [-0.2, -0.15) is 0 Å². The Hall–Kier alpha value is -4.31. The molecule has 1 heterocycles. The minimum absolute atomic E-state index is 0.0384. The smallest absolute Gasteiger partial charge is 0.257 e. The van der Waals surface area contributed by atoms with Crippen LogP contribution >= 0.6 is 0 Å². The molecule has 0 spiro atoms. The Labute approximate surface area is 237 Å². The molecule has 10 heteroatoms. The van der Waals surface area contributed by atoms with Gasteiger partial charge in [0, 0.05) is 56.0 Å². The first-order valence-electron chi connectivity index (χ1n) is 13.3. The number of methoxy groups -OCH3 is 1. The summed E-state index contributed by atoms with van der Waals surface area (Å²) >= 11 is 0. The number of anilines is 1. The Morgan fingerprint density at radius 1 is 0.927 bits per heavy atom. The Morgan fingerprint density at radius 3 is 2.15 bits per heavy atom. The standard InChI is InChI=1S/C31H33F2N3O5/c1-19-16-36(30(38)22-7-11-24(33)12-8-22)20(2)18-41-27-15-25(34-29(37)21-5-9-23(32)10-6-21)13-14-26(27)31(39)35(3)17-28(19)40-4/h5-15,19-20,28H,16-18H2,1-4H3,(H,34,37)/t19-,20+,28-/m1/s1. The summed E-state index contributed by atoms with van der Waals surface area (Å²) in [5.41, 5.74) is 1.25. The van der Waals surface area contributed by atoms with Gasteiger partial charge in [0.1, 0.15) is 24.0 Å². The van der Waals surface area contributed by atoms with E-state index in [1.807, 2.05) is 13.8 Å². The topological polar surface area (TPSA) is 88.2 Å². The zero-order valence-electron chi connectivity index (χ0n) is 23.4. The summed E-state index contributed by atoms with van der Waals surface area (Å²) in [4.78, 5) is 42.9. The average Bonchev–Trinajstić information content (AvgIpc) is 2.96. The van der Waals surface area contributed by atoms with Crippen LogP contribution in [0.4, 0.5) is 14.5 Å². The van der Waals surface area contributed by atoms with Crippen molar-refractivity contribution in [2.45, 2.75) is 26.0 Å². The molecule has 41 heavy (non-hydrogen) atoms. The minimum Gasteiger partial charge on any atom is -0.491 e. The highest BCUT2D eigenvalue weighted by atomic mass is 19.1. The number of rotatable bonds is 4. The minimum atomic E-state index is -0.456. The molecule has 8 nitrogen and oxygen atoms in total. The molecule has 1 aliphatic heterocycles. The van der Waals surface area contributed by atoms with Crippen molar-refractivity contribution in [1.82, 2.24) is 9.80 Å². The second kappa shape index (κ2) is 12.9. The van der Waals surface area contributed by atoms with Crippen LogP contribution in [0.5, 0.6) is 5.75 Å². The maximum absolute atomic E-state index is 13.5. The zero-order valence-corrected chi connectivity index (χ0v) is 23.4. The van der Waals surface area contributed by atoms with Gasteiger partial charge in [0.25, 0.3) is 17.7 Å². The van der Waals surface area contributed by atoms with Gasteiger partial charge in [-0.25, -0.2) is 8.78 Å². The molecule has 1 aliphatic rings. The number of halogens is 2. The molecule has 0 saturated heterocycles. The monoisotopic (exact) mass is 565 g/mol. The molecule has 216 valence electrons. The first-order valence-corrected chi connectivity index (χ1v) is 13.3. The van der Waals surface area contributed by atoms with Crippen LogP contribution in [-0.4, -0.2) is 73.5 Å². The van der Waals surface area contributed by atoms with Gasteiger partial charge in [-0.15, -0.1) is 0 Å². The van der Waals surface area contributed by atoms with Crippen molar-refractivity contribution in [3.63, 3.8) is 0 Å². The second-order valence-electron chi connectivity index (χ2n) is 10.2. The lowest BCUT2D eigenvalue weighted by atomic mass is 10.0. The number of fused-ring (bicyclic) bond motifs is 1. The van der Waals surface area contributed by atoms with E-state index >= 15 is 0 Å². The number of hydrogen-bond donors (Lipinski definition) is 1. The van der Waals surface area contributed by atoms with Crippen molar-refractivity contribution in [2.24, 2.45) is 5.92 Å². The van der Waals surface area contributed by atoms with Gasteiger partial charge in [0.2, 0.25) is 0 Å². The maximum atomic E-state index is 13.5. The molecule has 0 bridgehead atoms. The first-order chi connectivity index (χ1) is 19.6. The number of amides is 3. The molecule has 0 radical (unpaired) electrons. The van der Waals surface area contributed by atoms with E-state index in [1.54, 1.807) is 37.3 Å². The molecule has 0 fully saturated rings. The van der Waals surface area contributed by atoms with Crippen molar-refractivity contribution in [2.75, 3.05) is 39.2 Å². The summed E-state index contributed by atoms with van der Waals surface area (Å²) in [5, 5.41) is 2.74. The van der Waals surface area contributed by atoms with E-state index in [-0.39, 0.29) is 53.9 Å². The number of carbonyl (C=O) groups excluding carboxylic acids is 3. The molecule has 1 N–H and O–H groups in total. The van der Waals surface area contributed by atoms with Gasteiger partial charge < -0.3 is 24.6 Å². The van der Waals surface area contributed by atoms with Gasteiger partial charge >= 0.3 is 0 Å². The van der Waals surface area contributed by atoms with Crippen molar-refractivity contribution < 1.29 is 32.6 Å². The molecule has 0 saturated carbocycles. The quantitative estimate of drug-likeness (QED) is 0.488. The van der Waals surface area contributed by atoms with E-state index in [9.17, 15) is 23.2 Å². The SMILES string of the molecule is CO[C@@H]1CN(C)C(=O)c2ccc(NC(=O)c3ccc(F)cc3)cc2OC[C@H](C)N(C(=O)c2ccc(F)cc2)C[C@H]1C. The fourth-order valence-corrected chi connectivity index (χ4v) is 4.70. The van der Waals surface area contributed by atoms with Gasteiger partial charge in [-0.1, -0.05) is 6.92 Å². The molecule has 0 unspecified atom stereocenters. The van der Waals surface area contributed by atoms with Gasteiger partial charge in [-0.05, 0) is 67.6 Å². The number of likely N-dealkylation sites (N-methyl/N-ethyl adjacent to an activating group) is 1. The normalized spacial score (nSPS) is 19.9. The highest BCUT2D eigenvalue weighted by Gasteiger charge is 2.31. The average molecular weight is 566 g/mol. The van der Waals surface area contributed by atoms with E-state index in [0.717, 1.165) is 0 Å². The summed E-state index contributed by atoms with van der Waals surface area (Å²) in [6, 6.07) is 14.8. The van der Waals surface area contributed by atoms with E-state index in [4.69, 9.17) is 9.47 Å². The van der Waals surface area contributed by atoms with Crippen LogP contribution in [0.15, 0.2) is 66.7 Å². The zero-order chi connectivity index (χ0) is 29.7. The van der Waals surface area contributed by atoms with Crippen molar-refractivity contribution in [3.8, 4) is 5.75 Å². The molecule has 3 aromatic carbocycles. The third-order valence-electron chi connectivity index (χ3n) is 7.16. The fraction of sp³-hybridized carbons (Fsp3) is 0.323. The van der Waals surface area contributed by atoms with Gasteiger partial charge in [0.15, 0.2) is 0 Å². The van der Waals surface area contributed by atoms with Crippen LogP contribution in [0.3, 0.4) is 0 Å². The second-order valence-corrected chi connectivity index (χ2v) is 10.2. The van der Waals surface area contributed by atoms with E-state index in [2.05, 4.69) is 5.32 Å². The Balaban J connectivity index is 1.66. The van der Waals surface area contributed by atoms with Gasteiger partial charge in [-0.3, -0.25) is 14.4 Å². The number of benzene rings is 3. The largest absolute Gasteiger partial charge is 0.491 e. The highest BCUT2D eigenvalue weighted by molar-refractivity contribution is 6.05. The maximum Gasteiger partial charge on any atom is 0.257 e. The lowest BCUT2D eigenvalue weighted by Gasteiger charge is -2.36. The van der Waals surface area contributed by atoms with E-state index in [0.29, 0.717) is 17.8 Å². The van der Waals surface area contributed by atoms with Crippen molar-refractivity contribution in [1.29, 1.82) is 0 Å². The Bertz CT molecular complexity index is 1400. The fourth-order valence-electron chi connectivity index (χ4n) is 4.70. The lowest BCUT2D eigenvalue weighted by molar-refractivity contribution is 0.0111. The van der Waals surface area contributed by atoms with Crippen LogP contribution in [0.25, 0.3) is 0 Å².